The van der Waals surface area contributed by atoms with Crippen LogP contribution in [0.5, 0.6) is 0 Å². The van der Waals surface area contributed by atoms with Crippen LogP contribution >= 0.6 is 0 Å². The van der Waals surface area contributed by atoms with E-state index < -0.39 is 23.7 Å². The number of nitrogens with two attached hydrogens (primary N) is 1. The van der Waals surface area contributed by atoms with Crippen molar-refractivity contribution in [2.45, 2.75) is 13.1 Å². The van der Waals surface area contributed by atoms with E-state index in [4.69, 9.17) is 11.1 Å². The maximum atomic E-state index is 12.7. The molecule has 8 heteroatoms. The molecular weight excluding hydrogens is 273 g/mol. The fourth-order valence-corrected chi connectivity index (χ4v) is 1.36. The number of carbonyl (C=O) groups excluding carboxylic acids is 1. The molecule has 0 heterocycles. The summed E-state index contributed by atoms with van der Waals surface area (Å²) in [5, 5.41) is 11.6. The van der Waals surface area contributed by atoms with Gasteiger partial charge in [-0.2, -0.15) is 13.2 Å². The Morgan fingerprint density at radius 2 is 2.00 bits per heavy atom. The van der Waals surface area contributed by atoms with Gasteiger partial charge in [0.25, 0.3) is 0 Å². The molecule has 1 atom stereocenters. The molecule has 0 aromatic heterocycles. The Morgan fingerprint density at radius 3 is 2.55 bits per heavy atom. The second-order valence-corrected chi connectivity index (χ2v) is 4.23. The number of hydrogen-bond donors (Lipinski definition) is 4. The van der Waals surface area contributed by atoms with E-state index in [1.54, 1.807) is 6.92 Å². The van der Waals surface area contributed by atoms with Crippen LogP contribution in [-0.2, 0) is 6.18 Å². The third-order valence-corrected chi connectivity index (χ3v) is 2.58. The number of nitrogens with one attached hydrogen (secondary N) is 3. The zero-order valence-electron chi connectivity index (χ0n) is 10.7. The van der Waals surface area contributed by atoms with Crippen molar-refractivity contribution in [2.75, 3.05) is 11.9 Å². The lowest BCUT2D eigenvalue weighted by atomic mass is 10.1. The van der Waals surface area contributed by atoms with Gasteiger partial charge < -0.3 is 16.4 Å². The van der Waals surface area contributed by atoms with Crippen molar-refractivity contribution in [3.05, 3.63) is 29.8 Å². The molecule has 0 radical (unpaired) electrons. The minimum absolute atomic E-state index is 0.0648. The first-order valence-corrected chi connectivity index (χ1v) is 5.76. The summed E-state index contributed by atoms with van der Waals surface area (Å²) < 4.78 is 38.1. The summed E-state index contributed by atoms with van der Waals surface area (Å²) in [4.78, 5) is 11.5. The Labute approximate surface area is 113 Å². The smallest absolute Gasteiger partial charge is 0.387 e. The van der Waals surface area contributed by atoms with Crippen LogP contribution in [0.25, 0.3) is 0 Å². The highest BCUT2D eigenvalue weighted by Crippen LogP contribution is 2.34. The van der Waals surface area contributed by atoms with Crippen molar-refractivity contribution in [2.24, 2.45) is 11.7 Å². The summed E-state index contributed by atoms with van der Waals surface area (Å²) in [6, 6.07) is 3.90. The Kier molecular flexibility index (Phi) is 4.95. The Hall–Kier alpha value is -2.25. The molecule has 0 bridgehead atoms. The number of amides is 2. The zero-order valence-corrected chi connectivity index (χ0v) is 10.7. The predicted octanol–water partition coefficient (Wildman–Crippen LogP) is 2.40. The van der Waals surface area contributed by atoms with Crippen LogP contribution in [0.2, 0.25) is 0 Å². The van der Waals surface area contributed by atoms with Crippen LogP contribution in [0.15, 0.2) is 24.3 Å². The largest absolute Gasteiger partial charge is 0.418 e. The van der Waals surface area contributed by atoms with Gasteiger partial charge in [-0.25, -0.2) is 4.79 Å². The van der Waals surface area contributed by atoms with Gasteiger partial charge in [-0.15, -0.1) is 0 Å². The summed E-state index contributed by atoms with van der Waals surface area (Å²) in [5.74, 6) is -0.500. The highest BCUT2D eigenvalue weighted by Gasteiger charge is 2.33. The monoisotopic (exact) mass is 288 g/mol. The van der Waals surface area contributed by atoms with Crippen molar-refractivity contribution in [3.8, 4) is 0 Å². The number of urea groups is 1. The molecule has 1 unspecified atom stereocenters. The second kappa shape index (κ2) is 6.27. The van der Waals surface area contributed by atoms with Gasteiger partial charge in [0.2, 0.25) is 0 Å². The lowest BCUT2D eigenvalue weighted by molar-refractivity contribution is -0.136. The minimum Gasteiger partial charge on any atom is -0.387 e. The number of para-hydroxylation sites is 1. The number of benzene rings is 1. The van der Waals surface area contributed by atoms with Gasteiger partial charge in [0.05, 0.1) is 17.1 Å². The number of rotatable bonds is 4. The first-order chi connectivity index (χ1) is 9.21. The van der Waals surface area contributed by atoms with Gasteiger partial charge in [0.1, 0.15) is 0 Å². The van der Waals surface area contributed by atoms with E-state index in [1.807, 2.05) is 0 Å². The molecule has 20 heavy (non-hydrogen) atoms. The molecule has 0 aliphatic carbocycles. The quantitative estimate of drug-likeness (QED) is 0.506. The van der Waals surface area contributed by atoms with Gasteiger partial charge in [-0.1, -0.05) is 19.1 Å². The first kappa shape index (κ1) is 15.8. The number of hydrogen-bond acceptors (Lipinski definition) is 2. The molecule has 0 fully saturated rings. The molecule has 0 spiro atoms. The summed E-state index contributed by atoms with van der Waals surface area (Å²) in [6.07, 6.45) is -4.55. The van der Waals surface area contributed by atoms with E-state index in [1.165, 1.54) is 12.1 Å². The molecule has 0 aliphatic rings. The van der Waals surface area contributed by atoms with Crippen LogP contribution in [0.3, 0.4) is 0 Å². The van der Waals surface area contributed by atoms with Crippen molar-refractivity contribution < 1.29 is 18.0 Å². The summed E-state index contributed by atoms with van der Waals surface area (Å²) in [7, 11) is 0. The zero-order chi connectivity index (χ0) is 15.3. The predicted molar refractivity (Wildman–Crippen MR) is 69.5 cm³/mol. The molecule has 0 aliphatic heterocycles. The van der Waals surface area contributed by atoms with Crippen molar-refractivity contribution in [3.63, 3.8) is 0 Å². The van der Waals surface area contributed by atoms with Crippen LogP contribution in [0.4, 0.5) is 23.7 Å². The standard InChI is InChI=1S/C12H15F3N4O/c1-7(10(16)17)6-18-11(20)19-9-5-3-2-4-8(9)12(13,14)15/h2-5,7H,6H2,1H3,(H3,16,17)(H2,18,19,20). The van der Waals surface area contributed by atoms with E-state index in [0.717, 1.165) is 12.1 Å². The lowest BCUT2D eigenvalue weighted by Gasteiger charge is -2.15. The first-order valence-electron chi connectivity index (χ1n) is 5.76. The maximum absolute atomic E-state index is 12.7. The van der Waals surface area contributed by atoms with E-state index in [-0.39, 0.29) is 18.1 Å². The third-order valence-electron chi connectivity index (χ3n) is 2.58. The molecule has 0 saturated carbocycles. The number of carbonyl (C=O) groups is 1. The summed E-state index contributed by atoms with van der Waals surface area (Å²) in [6.45, 7) is 1.68. The molecule has 1 aromatic carbocycles. The van der Waals surface area contributed by atoms with Crippen LogP contribution in [0, 0.1) is 11.3 Å². The highest BCUT2D eigenvalue weighted by atomic mass is 19.4. The summed E-state index contributed by atoms with van der Waals surface area (Å²) >= 11 is 0. The maximum Gasteiger partial charge on any atom is 0.418 e. The Balaban J connectivity index is 2.70. The number of halogens is 3. The Bertz CT molecular complexity index is 502. The molecule has 1 aromatic rings. The van der Waals surface area contributed by atoms with E-state index >= 15 is 0 Å². The van der Waals surface area contributed by atoms with Gasteiger partial charge in [-0.3, -0.25) is 5.41 Å². The normalized spacial score (nSPS) is 12.6. The lowest BCUT2D eigenvalue weighted by Crippen LogP contribution is -2.36. The minimum atomic E-state index is -4.55. The highest BCUT2D eigenvalue weighted by molar-refractivity contribution is 5.90. The van der Waals surface area contributed by atoms with Crippen molar-refractivity contribution >= 4 is 17.6 Å². The number of alkyl halides is 3. The van der Waals surface area contributed by atoms with E-state index in [2.05, 4.69) is 10.6 Å². The molecule has 110 valence electrons. The van der Waals surface area contributed by atoms with Crippen LogP contribution in [0.1, 0.15) is 12.5 Å². The second-order valence-electron chi connectivity index (χ2n) is 4.23. The SMILES string of the molecule is CC(CNC(=O)Nc1ccccc1C(F)(F)F)C(=N)N. The average Bonchev–Trinajstić information content (AvgIpc) is 2.35. The van der Waals surface area contributed by atoms with Crippen LogP contribution in [-0.4, -0.2) is 18.4 Å². The molecule has 1 rings (SSSR count). The van der Waals surface area contributed by atoms with Gasteiger partial charge in [0, 0.05) is 12.5 Å². The number of anilines is 1. The molecule has 2 amide bonds. The molecular formula is C12H15F3N4O. The van der Waals surface area contributed by atoms with Gasteiger partial charge >= 0.3 is 12.2 Å². The van der Waals surface area contributed by atoms with Gasteiger partial charge in [0.15, 0.2) is 0 Å². The average molecular weight is 288 g/mol. The molecule has 5 N–H and O–H groups in total. The fraction of sp³-hybridized carbons (Fsp3) is 0.333. The Morgan fingerprint density at radius 1 is 1.40 bits per heavy atom. The number of amidine groups is 1. The van der Waals surface area contributed by atoms with Crippen molar-refractivity contribution in [1.29, 1.82) is 5.41 Å². The van der Waals surface area contributed by atoms with Crippen molar-refractivity contribution in [1.82, 2.24) is 5.32 Å². The fourth-order valence-electron chi connectivity index (χ4n) is 1.36. The summed E-state index contributed by atoms with van der Waals surface area (Å²) in [5.41, 5.74) is 3.97. The van der Waals surface area contributed by atoms with E-state index in [0.29, 0.717) is 0 Å². The molecule has 5 nitrogen and oxygen atoms in total. The van der Waals surface area contributed by atoms with Crippen LogP contribution < -0.4 is 16.4 Å². The third kappa shape index (κ3) is 4.45. The topological polar surface area (TPSA) is 91.0 Å². The molecule has 0 saturated heterocycles. The van der Waals surface area contributed by atoms with E-state index in [9.17, 15) is 18.0 Å². The van der Waals surface area contributed by atoms with Gasteiger partial charge in [-0.05, 0) is 12.1 Å².